The highest BCUT2D eigenvalue weighted by molar-refractivity contribution is 7.91. The Balaban J connectivity index is 1.62. The van der Waals surface area contributed by atoms with E-state index in [-0.39, 0.29) is 16.4 Å². The third kappa shape index (κ3) is 7.78. The smallest absolute Gasteiger partial charge is 0.322 e. The van der Waals surface area contributed by atoms with Crippen LogP contribution in [0.2, 0.25) is 0 Å². The number of nitrogens with two attached hydrogens (primary N) is 2. The molecule has 3 rings (SSSR count). The van der Waals surface area contributed by atoms with E-state index in [0.717, 1.165) is 6.07 Å². The molecule has 0 aliphatic heterocycles. The minimum atomic E-state index is -3.78. The van der Waals surface area contributed by atoms with Crippen LogP contribution in [0.3, 0.4) is 0 Å². The zero-order valence-corrected chi connectivity index (χ0v) is 21.1. The van der Waals surface area contributed by atoms with Crippen molar-refractivity contribution in [1.29, 1.82) is 0 Å². The molecule has 38 heavy (non-hydrogen) atoms. The molecule has 202 valence electrons. The summed E-state index contributed by atoms with van der Waals surface area (Å²) in [6, 6.07) is 12.0. The number of sulfone groups is 1. The van der Waals surface area contributed by atoms with E-state index in [1.807, 2.05) is 0 Å². The second-order valence-electron chi connectivity index (χ2n) is 8.13. The first-order chi connectivity index (χ1) is 18.1. The fourth-order valence-electron chi connectivity index (χ4n) is 3.35. The van der Waals surface area contributed by atoms with Gasteiger partial charge >= 0.3 is 5.97 Å². The lowest BCUT2D eigenvalue weighted by molar-refractivity contribution is -0.139. The van der Waals surface area contributed by atoms with E-state index in [0.29, 0.717) is 30.8 Å². The number of fused-ring (bicyclic) bond motifs is 1. The van der Waals surface area contributed by atoms with Gasteiger partial charge in [0.05, 0.1) is 17.7 Å². The minimum Gasteiger partial charge on any atom is -0.492 e. The number of hydrogen-bond donors (Lipinski definition) is 5. The van der Waals surface area contributed by atoms with Crippen LogP contribution in [0.5, 0.6) is 5.75 Å². The highest BCUT2D eigenvalue weighted by Gasteiger charge is 2.22. The first-order valence-electron chi connectivity index (χ1n) is 11.4. The lowest BCUT2D eigenvalue weighted by Crippen LogP contribution is -2.47. The third-order valence-corrected chi connectivity index (χ3v) is 6.82. The third-order valence-electron chi connectivity index (χ3n) is 5.29. The van der Waals surface area contributed by atoms with Crippen LogP contribution >= 0.6 is 0 Å². The Labute approximate surface area is 218 Å². The van der Waals surface area contributed by atoms with Crippen LogP contribution in [0.4, 0.5) is 0 Å². The first kappa shape index (κ1) is 28.1. The number of carbonyl (C=O) groups is 2. The summed E-state index contributed by atoms with van der Waals surface area (Å²) in [4.78, 5) is 40.8. The van der Waals surface area contributed by atoms with E-state index >= 15 is 0 Å². The summed E-state index contributed by atoms with van der Waals surface area (Å²) in [5.41, 5.74) is 10.5. The molecular formula is C24H28N6O7S. The van der Waals surface area contributed by atoms with Crippen LogP contribution in [-0.4, -0.2) is 67.4 Å². The minimum absolute atomic E-state index is 0.00662. The summed E-state index contributed by atoms with van der Waals surface area (Å²) in [7, 11) is -3.78. The zero-order chi connectivity index (χ0) is 27.7. The summed E-state index contributed by atoms with van der Waals surface area (Å²) in [5, 5.41) is 14.3. The number of carboxylic acids is 1. The van der Waals surface area contributed by atoms with Crippen molar-refractivity contribution in [2.24, 2.45) is 16.5 Å². The number of carboxylic acid groups (broad SMARTS) is 1. The fraction of sp³-hybridized carbons (Fsp3) is 0.250. The van der Waals surface area contributed by atoms with Gasteiger partial charge in [-0.15, -0.1) is 0 Å². The van der Waals surface area contributed by atoms with Crippen LogP contribution in [0.1, 0.15) is 16.8 Å². The van der Waals surface area contributed by atoms with Crippen molar-refractivity contribution in [3.05, 3.63) is 76.7 Å². The number of ether oxygens (including phenoxy) is 1. The van der Waals surface area contributed by atoms with Gasteiger partial charge in [-0.1, -0.05) is 18.2 Å². The van der Waals surface area contributed by atoms with E-state index in [4.69, 9.17) is 16.2 Å². The number of carbonyl (C=O) groups excluding carboxylic acids is 1. The molecule has 13 nitrogen and oxygen atoms in total. The largest absolute Gasteiger partial charge is 0.492 e. The number of guanidine groups is 1. The number of aromatic nitrogens is 1. The standard InChI is InChI=1S/C24H28N6O7S/c25-24(26)27-9-4-10-37-18-8-7-17-11-16(12-21(31)30(17)14-18)22(32)28-13-20(23(33)34)29-15-38(35,36)19-5-2-1-3-6-19/h1-3,5-8,11-12,14,20,29H,4,9-10,13,15H2,(H,28,32)(H,33,34)(H4,25,26,27)/t20-/m0/s1. The molecule has 0 aliphatic carbocycles. The molecule has 0 radical (unpaired) electrons. The lowest BCUT2D eigenvalue weighted by Gasteiger charge is -2.16. The number of nitrogens with one attached hydrogen (secondary N) is 2. The summed E-state index contributed by atoms with van der Waals surface area (Å²) < 4.78 is 31.7. The maximum absolute atomic E-state index is 12.7. The maximum atomic E-state index is 12.7. The van der Waals surface area contributed by atoms with E-state index < -0.39 is 45.7 Å². The van der Waals surface area contributed by atoms with Crippen LogP contribution in [-0.2, 0) is 14.6 Å². The number of rotatable bonds is 13. The molecule has 0 spiro atoms. The number of nitrogens with zero attached hydrogens (tertiary/aromatic N) is 2. The highest BCUT2D eigenvalue weighted by Crippen LogP contribution is 2.14. The number of benzene rings is 1. The Hall–Kier alpha value is -4.43. The monoisotopic (exact) mass is 544 g/mol. The van der Waals surface area contributed by atoms with Gasteiger partial charge in [0.1, 0.15) is 17.7 Å². The molecule has 14 heteroatoms. The lowest BCUT2D eigenvalue weighted by atomic mass is 10.2. The molecule has 0 aliphatic rings. The molecule has 0 saturated carbocycles. The fourth-order valence-corrected chi connectivity index (χ4v) is 4.51. The summed E-state index contributed by atoms with van der Waals surface area (Å²) in [5.74, 6) is -2.25. The zero-order valence-electron chi connectivity index (χ0n) is 20.2. The molecule has 2 aromatic heterocycles. The average molecular weight is 545 g/mol. The Kier molecular flexibility index (Phi) is 9.40. The molecule has 2 heterocycles. The van der Waals surface area contributed by atoms with Crippen molar-refractivity contribution in [2.75, 3.05) is 25.6 Å². The Morgan fingerprint density at radius 2 is 1.84 bits per heavy atom. The summed E-state index contributed by atoms with van der Waals surface area (Å²) in [6.45, 7) is 0.308. The average Bonchev–Trinajstić information content (AvgIpc) is 2.88. The summed E-state index contributed by atoms with van der Waals surface area (Å²) in [6.07, 6.45) is 2.05. The van der Waals surface area contributed by atoms with Gasteiger partial charge < -0.3 is 26.6 Å². The second-order valence-corrected chi connectivity index (χ2v) is 10.1. The van der Waals surface area contributed by atoms with Crippen LogP contribution in [0.25, 0.3) is 5.52 Å². The van der Waals surface area contributed by atoms with Crippen molar-refractivity contribution in [3.8, 4) is 5.75 Å². The Bertz CT molecular complexity index is 1490. The Morgan fingerprint density at radius 3 is 2.53 bits per heavy atom. The second kappa shape index (κ2) is 12.7. The molecule has 1 amide bonds. The molecule has 7 N–H and O–H groups in total. The van der Waals surface area contributed by atoms with Gasteiger partial charge in [0.15, 0.2) is 15.8 Å². The van der Waals surface area contributed by atoms with Gasteiger partial charge in [0.25, 0.3) is 11.5 Å². The van der Waals surface area contributed by atoms with E-state index in [9.17, 15) is 27.9 Å². The van der Waals surface area contributed by atoms with Crippen LogP contribution < -0.4 is 32.4 Å². The van der Waals surface area contributed by atoms with Crippen molar-refractivity contribution in [1.82, 2.24) is 15.0 Å². The Morgan fingerprint density at radius 1 is 1.11 bits per heavy atom. The van der Waals surface area contributed by atoms with Crippen molar-refractivity contribution in [3.63, 3.8) is 0 Å². The normalized spacial score (nSPS) is 12.0. The first-order valence-corrected chi connectivity index (χ1v) is 13.1. The van der Waals surface area contributed by atoms with Crippen LogP contribution in [0.15, 0.2) is 75.5 Å². The number of pyridine rings is 2. The molecule has 0 fully saturated rings. The summed E-state index contributed by atoms with van der Waals surface area (Å²) >= 11 is 0. The van der Waals surface area contributed by atoms with Crippen molar-refractivity contribution < 1.29 is 27.9 Å². The molecular weight excluding hydrogens is 516 g/mol. The van der Waals surface area contributed by atoms with Gasteiger partial charge in [-0.2, -0.15) is 0 Å². The molecule has 1 aromatic carbocycles. The predicted octanol–water partition coefficient (Wildman–Crippen LogP) is -0.454. The van der Waals surface area contributed by atoms with Crippen LogP contribution in [0, 0.1) is 0 Å². The number of hydrogen-bond acceptors (Lipinski definition) is 8. The van der Waals surface area contributed by atoms with Gasteiger partial charge in [0.2, 0.25) is 0 Å². The van der Waals surface area contributed by atoms with Gasteiger partial charge in [-0.25, -0.2) is 8.42 Å². The number of aliphatic carboxylic acids is 1. The molecule has 0 unspecified atom stereocenters. The maximum Gasteiger partial charge on any atom is 0.322 e. The topological polar surface area (TPSA) is 208 Å². The van der Waals surface area contributed by atoms with E-state index in [1.165, 1.54) is 28.8 Å². The van der Waals surface area contributed by atoms with E-state index in [1.54, 1.807) is 30.3 Å². The quantitative estimate of drug-likeness (QED) is 0.106. The van der Waals surface area contributed by atoms with Gasteiger partial charge in [0, 0.05) is 36.7 Å². The van der Waals surface area contributed by atoms with Gasteiger partial charge in [-0.3, -0.25) is 29.1 Å². The van der Waals surface area contributed by atoms with Crippen molar-refractivity contribution in [2.45, 2.75) is 17.4 Å². The SMILES string of the molecule is NC(N)=NCCCOc1ccc2cc(C(=O)NC[C@H](NCS(=O)(=O)c3ccccc3)C(=O)O)cc(=O)n2c1. The van der Waals surface area contributed by atoms with Gasteiger partial charge in [-0.05, 0) is 30.3 Å². The molecule has 3 aromatic rings. The molecule has 0 saturated heterocycles. The number of amides is 1. The molecule has 1 atom stereocenters. The molecule has 0 bridgehead atoms. The predicted molar refractivity (Wildman–Crippen MR) is 140 cm³/mol. The van der Waals surface area contributed by atoms with Crippen molar-refractivity contribution >= 4 is 33.2 Å². The van der Waals surface area contributed by atoms with E-state index in [2.05, 4.69) is 15.6 Å². The highest BCUT2D eigenvalue weighted by atomic mass is 32.2. The number of aliphatic imine (C=N–C) groups is 1.